The number of nitrogens with zero attached hydrogens (tertiary/aromatic N) is 1. The first-order chi connectivity index (χ1) is 15.2. The molecular weight excluding hydrogens is 408 g/mol. The van der Waals surface area contributed by atoms with E-state index >= 15 is 4.39 Å². The summed E-state index contributed by atoms with van der Waals surface area (Å²) in [6, 6.07) is 14.9. The van der Waals surface area contributed by atoms with Crippen LogP contribution in [0.4, 0.5) is 9.18 Å². The summed E-state index contributed by atoms with van der Waals surface area (Å²) < 4.78 is 32.5. The third-order valence-electron chi connectivity index (χ3n) is 6.95. The Morgan fingerprint density at radius 3 is 2.28 bits per heavy atom. The zero-order valence-electron chi connectivity index (χ0n) is 19.3. The van der Waals surface area contributed by atoms with Gasteiger partial charge in [-0.25, -0.2) is 9.18 Å². The molecule has 0 unspecified atom stereocenters. The van der Waals surface area contributed by atoms with E-state index in [-0.39, 0.29) is 24.4 Å². The number of halogens is 1. The number of hydrogen-bond acceptors (Lipinski definition) is 4. The van der Waals surface area contributed by atoms with Crippen molar-refractivity contribution in [1.82, 2.24) is 4.90 Å². The number of amides is 1. The molecule has 0 radical (unpaired) electrons. The molecule has 4 rings (SSSR count). The van der Waals surface area contributed by atoms with Crippen molar-refractivity contribution in [2.75, 3.05) is 13.1 Å². The molecule has 0 aromatic heterocycles. The molecule has 0 N–H and O–H groups in total. The quantitative estimate of drug-likeness (QED) is 0.652. The number of carbonyl (C=O) groups is 1. The summed E-state index contributed by atoms with van der Waals surface area (Å²) >= 11 is 0. The van der Waals surface area contributed by atoms with Gasteiger partial charge in [-0.1, -0.05) is 42.5 Å². The van der Waals surface area contributed by atoms with E-state index in [1.807, 2.05) is 70.2 Å². The Kier molecular flexibility index (Phi) is 6.32. The van der Waals surface area contributed by atoms with Crippen molar-refractivity contribution >= 4 is 18.7 Å². The molecule has 2 saturated heterocycles. The lowest BCUT2D eigenvalue weighted by atomic mass is 9.77. The molecule has 0 aliphatic carbocycles. The number of benzene rings is 2. The normalized spacial score (nSPS) is 20.4. The molecule has 2 aromatic rings. The van der Waals surface area contributed by atoms with Crippen LogP contribution < -0.4 is 5.46 Å². The topological polar surface area (TPSA) is 48.0 Å². The summed E-state index contributed by atoms with van der Waals surface area (Å²) in [6.07, 6.45) is 1.09. The van der Waals surface area contributed by atoms with Gasteiger partial charge in [0.05, 0.1) is 11.2 Å². The van der Waals surface area contributed by atoms with E-state index < -0.39 is 18.3 Å². The monoisotopic (exact) mass is 439 g/mol. The van der Waals surface area contributed by atoms with Gasteiger partial charge in [-0.2, -0.15) is 0 Å². The maximum atomic E-state index is 15.0. The smallest absolute Gasteiger partial charge is 0.445 e. The van der Waals surface area contributed by atoms with Gasteiger partial charge in [-0.3, -0.25) is 0 Å². The SMILES string of the molecule is CC1(C)OB(c2ccc(C3CCN(C(=O)OCc4ccccc4)CC3)c(F)c2)OC1(C)C. The zero-order valence-corrected chi connectivity index (χ0v) is 19.3. The minimum atomic E-state index is -0.579. The number of piperidine rings is 1. The highest BCUT2D eigenvalue weighted by molar-refractivity contribution is 6.62. The van der Waals surface area contributed by atoms with Crippen molar-refractivity contribution in [3.05, 3.63) is 65.5 Å². The lowest BCUT2D eigenvalue weighted by molar-refractivity contribution is 0.00578. The first kappa shape index (κ1) is 22.8. The minimum Gasteiger partial charge on any atom is -0.445 e. The molecule has 2 aliphatic heterocycles. The van der Waals surface area contributed by atoms with Crippen molar-refractivity contribution in [3.63, 3.8) is 0 Å². The van der Waals surface area contributed by atoms with Crippen molar-refractivity contribution < 1.29 is 23.2 Å². The van der Waals surface area contributed by atoms with Crippen LogP contribution in [0.1, 0.15) is 57.6 Å². The fourth-order valence-electron chi connectivity index (χ4n) is 4.18. The van der Waals surface area contributed by atoms with Gasteiger partial charge in [0, 0.05) is 13.1 Å². The second-order valence-corrected chi connectivity index (χ2v) is 9.67. The van der Waals surface area contributed by atoms with Crippen molar-refractivity contribution in [2.24, 2.45) is 0 Å². The fourth-order valence-corrected chi connectivity index (χ4v) is 4.18. The van der Waals surface area contributed by atoms with E-state index in [0.29, 0.717) is 37.0 Å². The Hall–Kier alpha value is -2.38. The van der Waals surface area contributed by atoms with Gasteiger partial charge in [0.2, 0.25) is 0 Å². The number of likely N-dealkylation sites (tertiary alicyclic amines) is 1. The van der Waals surface area contributed by atoms with E-state index in [1.165, 1.54) is 6.07 Å². The fraction of sp³-hybridized carbons (Fsp3) is 0.480. The van der Waals surface area contributed by atoms with E-state index in [4.69, 9.17) is 14.0 Å². The van der Waals surface area contributed by atoms with Crippen LogP contribution >= 0.6 is 0 Å². The number of ether oxygens (including phenoxy) is 1. The Balaban J connectivity index is 1.33. The lowest BCUT2D eigenvalue weighted by Gasteiger charge is -2.32. The molecule has 5 nitrogen and oxygen atoms in total. The average molecular weight is 439 g/mol. The third-order valence-corrected chi connectivity index (χ3v) is 6.95. The van der Waals surface area contributed by atoms with Crippen molar-refractivity contribution in [2.45, 2.75) is 64.3 Å². The molecule has 0 spiro atoms. The molecular formula is C25H31BFNO4. The van der Waals surface area contributed by atoms with Crippen LogP contribution in [0.25, 0.3) is 0 Å². The molecule has 0 bridgehead atoms. The van der Waals surface area contributed by atoms with Crippen LogP contribution in [0.15, 0.2) is 48.5 Å². The van der Waals surface area contributed by atoms with Crippen LogP contribution in [0, 0.1) is 5.82 Å². The Bertz CT molecular complexity index is 942. The van der Waals surface area contributed by atoms with Gasteiger partial charge in [-0.15, -0.1) is 0 Å². The van der Waals surface area contributed by atoms with Crippen LogP contribution in [0.2, 0.25) is 0 Å². The lowest BCUT2D eigenvalue weighted by Crippen LogP contribution is -2.41. The third kappa shape index (κ3) is 4.69. The molecule has 7 heteroatoms. The molecule has 0 saturated carbocycles. The molecule has 32 heavy (non-hydrogen) atoms. The Morgan fingerprint density at radius 2 is 1.69 bits per heavy atom. The highest BCUT2D eigenvalue weighted by Gasteiger charge is 2.51. The average Bonchev–Trinajstić information content (AvgIpc) is 3.00. The second kappa shape index (κ2) is 8.87. The summed E-state index contributed by atoms with van der Waals surface area (Å²) in [6.45, 7) is 9.29. The van der Waals surface area contributed by atoms with E-state index in [0.717, 1.165) is 5.56 Å². The number of carbonyl (C=O) groups excluding carboxylic acids is 1. The molecule has 2 aromatic carbocycles. The maximum absolute atomic E-state index is 15.0. The van der Waals surface area contributed by atoms with Gasteiger partial charge in [0.15, 0.2) is 0 Å². The molecule has 0 atom stereocenters. The molecule has 170 valence electrons. The van der Waals surface area contributed by atoms with Crippen LogP contribution in [-0.2, 0) is 20.7 Å². The van der Waals surface area contributed by atoms with Crippen LogP contribution in [-0.4, -0.2) is 42.4 Å². The van der Waals surface area contributed by atoms with Crippen molar-refractivity contribution in [3.8, 4) is 0 Å². The van der Waals surface area contributed by atoms with Crippen LogP contribution in [0.5, 0.6) is 0 Å². The molecule has 1 amide bonds. The van der Waals surface area contributed by atoms with Crippen molar-refractivity contribution in [1.29, 1.82) is 0 Å². The second-order valence-electron chi connectivity index (χ2n) is 9.67. The van der Waals surface area contributed by atoms with E-state index in [2.05, 4.69) is 0 Å². The Labute approximate surface area is 190 Å². The van der Waals surface area contributed by atoms with Gasteiger partial charge in [-0.05, 0) is 69.1 Å². The van der Waals surface area contributed by atoms with Gasteiger partial charge in [0.1, 0.15) is 12.4 Å². The number of hydrogen-bond donors (Lipinski definition) is 0. The highest BCUT2D eigenvalue weighted by atomic mass is 19.1. The van der Waals surface area contributed by atoms with Gasteiger partial charge < -0.3 is 18.9 Å². The maximum Gasteiger partial charge on any atom is 0.494 e. The minimum absolute atomic E-state index is 0.0699. The Morgan fingerprint density at radius 1 is 1.06 bits per heavy atom. The summed E-state index contributed by atoms with van der Waals surface area (Å²) in [4.78, 5) is 14.1. The summed E-state index contributed by atoms with van der Waals surface area (Å²) in [7, 11) is -0.579. The zero-order chi connectivity index (χ0) is 22.9. The summed E-state index contributed by atoms with van der Waals surface area (Å²) in [5.41, 5.74) is 1.40. The van der Waals surface area contributed by atoms with Gasteiger partial charge >= 0.3 is 13.2 Å². The van der Waals surface area contributed by atoms with E-state index in [9.17, 15) is 4.79 Å². The predicted octanol–water partition coefficient (Wildman–Crippen LogP) is 4.64. The first-order valence-corrected chi connectivity index (χ1v) is 11.3. The van der Waals surface area contributed by atoms with E-state index in [1.54, 1.807) is 4.90 Å². The standard InChI is InChI=1S/C25H31BFNO4/c1-24(2)25(3,4)32-26(31-24)20-10-11-21(22(27)16-20)19-12-14-28(15-13-19)23(29)30-17-18-8-6-5-7-9-18/h5-11,16,19H,12-15,17H2,1-4H3. The molecule has 2 heterocycles. The molecule has 2 fully saturated rings. The largest absolute Gasteiger partial charge is 0.494 e. The predicted molar refractivity (Wildman–Crippen MR) is 122 cm³/mol. The summed E-state index contributed by atoms with van der Waals surface area (Å²) in [5.74, 6) is -0.178. The van der Waals surface area contributed by atoms with Gasteiger partial charge in [0.25, 0.3) is 0 Å². The summed E-state index contributed by atoms with van der Waals surface area (Å²) in [5, 5.41) is 0. The van der Waals surface area contributed by atoms with Crippen LogP contribution in [0.3, 0.4) is 0 Å². The highest BCUT2D eigenvalue weighted by Crippen LogP contribution is 2.37. The molecule has 2 aliphatic rings. The first-order valence-electron chi connectivity index (χ1n) is 11.3. The number of rotatable bonds is 4.